The number of aryl methyl sites for hydroxylation is 2. The number of carbonyl (C=O) groups excluding carboxylic acids is 1. The molecule has 1 aliphatic heterocycles. The van der Waals surface area contributed by atoms with Crippen LogP contribution in [0.25, 0.3) is 0 Å². The van der Waals surface area contributed by atoms with Gasteiger partial charge in [0, 0.05) is 24.7 Å². The molecule has 1 saturated carbocycles. The molecule has 108 valence electrons. The minimum Gasteiger partial charge on any atom is -0.338 e. The second kappa shape index (κ2) is 5.21. The molecule has 3 rings (SSSR count). The van der Waals surface area contributed by atoms with Gasteiger partial charge >= 0.3 is 0 Å². The second-order valence-corrected chi connectivity index (χ2v) is 6.62. The number of amides is 1. The lowest BCUT2D eigenvalue weighted by Crippen LogP contribution is -2.32. The molecule has 0 bridgehead atoms. The van der Waals surface area contributed by atoms with Crippen molar-refractivity contribution in [1.29, 1.82) is 0 Å². The highest BCUT2D eigenvalue weighted by Crippen LogP contribution is 2.36. The van der Waals surface area contributed by atoms with E-state index in [2.05, 4.69) is 11.0 Å². The van der Waals surface area contributed by atoms with E-state index >= 15 is 0 Å². The van der Waals surface area contributed by atoms with Gasteiger partial charge in [0.25, 0.3) is 5.91 Å². The van der Waals surface area contributed by atoms with Crippen molar-refractivity contribution in [3.8, 4) is 0 Å². The number of carbonyl (C=O) groups is 1. The van der Waals surface area contributed by atoms with Crippen LogP contribution in [-0.4, -0.2) is 29.9 Å². The number of nitrogens with zero attached hydrogens (tertiary/aromatic N) is 1. The number of likely N-dealkylation sites (tertiary alicyclic amines) is 1. The van der Waals surface area contributed by atoms with E-state index in [0.29, 0.717) is 17.9 Å². The summed E-state index contributed by atoms with van der Waals surface area (Å²) in [4.78, 5) is 14.8. The standard InChI is InChI=1S/C17H24N2O/c1-11-3-4-12(2)16(7-11)17(20)19-9-13-5-6-15(18)8-14(13)10-19/h3-4,7,13-15H,5-6,8-10,18H2,1-2H3/t13-,14+,15?/m1/s1. The number of rotatable bonds is 1. The minimum absolute atomic E-state index is 0.203. The number of benzene rings is 1. The Morgan fingerprint density at radius 2 is 1.95 bits per heavy atom. The van der Waals surface area contributed by atoms with Crippen LogP contribution in [0.3, 0.4) is 0 Å². The SMILES string of the molecule is Cc1ccc(C)c(C(=O)N2C[C@H]3CCC(N)C[C@H]3C2)c1. The molecule has 1 heterocycles. The first kappa shape index (κ1) is 13.6. The molecule has 3 nitrogen and oxygen atoms in total. The summed E-state index contributed by atoms with van der Waals surface area (Å²) in [7, 11) is 0. The topological polar surface area (TPSA) is 46.3 Å². The first-order valence-corrected chi connectivity index (χ1v) is 7.66. The Kier molecular flexibility index (Phi) is 3.55. The fourth-order valence-electron chi connectivity index (χ4n) is 3.77. The molecule has 2 N–H and O–H groups in total. The Hall–Kier alpha value is -1.35. The summed E-state index contributed by atoms with van der Waals surface area (Å²) in [5, 5.41) is 0. The van der Waals surface area contributed by atoms with Crippen LogP contribution in [0.4, 0.5) is 0 Å². The summed E-state index contributed by atoms with van der Waals surface area (Å²) in [6.45, 7) is 5.87. The predicted octanol–water partition coefficient (Wildman–Crippen LogP) is 2.50. The first-order chi connectivity index (χ1) is 9.54. The van der Waals surface area contributed by atoms with E-state index < -0.39 is 0 Å². The lowest BCUT2D eigenvalue weighted by atomic mass is 9.79. The van der Waals surface area contributed by atoms with Crippen molar-refractivity contribution < 1.29 is 4.79 Å². The lowest BCUT2D eigenvalue weighted by Gasteiger charge is -2.27. The van der Waals surface area contributed by atoms with Gasteiger partial charge in [-0.3, -0.25) is 4.79 Å². The zero-order valence-electron chi connectivity index (χ0n) is 12.4. The van der Waals surface area contributed by atoms with E-state index in [9.17, 15) is 4.79 Å². The molecular formula is C17H24N2O. The van der Waals surface area contributed by atoms with Crippen molar-refractivity contribution in [1.82, 2.24) is 4.90 Å². The van der Waals surface area contributed by atoms with Crippen LogP contribution in [0, 0.1) is 25.7 Å². The quantitative estimate of drug-likeness (QED) is 0.854. The maximum Gasteiger partial charge on any atom is 0.254 e. The Labute approximate surface area is 121 Å². The average molecular weight is 272 g/mol. The summed E-state index contributed by atoms with van der Waals surface area (Å²) >= 11 is 0. The number of hydrogen-bond acceptors (Lipinski definition) is 2. The molecule has 1 aromatic carbocycles. The van der Waals surface area contributed by atoms with Crippen molar-refractivity contribution >= 4 is 5.91 Å². The monoisotopic (exact) mass is 272 g/mol. The fraction of sp³-hybridized carbons (Fsp3) is 0.588. The van der Waals surface area contributed by atoms with Crippen molar-refractivity contribution in [2.75, 3.05) is 13.1 Å². The summed E-state index contributed by atoms with van der Waals surface area (Å²) in [6, 6.07) is 6.47. The van der Waals surface area contributed by atoms with Gasteiger partial charge in [0.2, 0.25) is 0 Å². The fourth-order valence-corrected chi connectivity index (χ4v) is 3.77. The number of nitrogens with two attached hydrogens (primary N) is 1. The highest BCUT2D eigenvalue weighted by Gasteiger charge is 2.38. The van der Waals surface area contributed by atoms with Gasteiger partial charge in [0.1, 0.15) is 0 Å². The van der Waals surface area contributed by atoms with Gasteiger partial charge in [0.05, 0.1) is 0 Å². The van der Waals surface area contributed by atoms with E-state index in [1.165, 1.54) is 6.42 Å². The Bertz CT molecular complexity index is 526. The molecule has 20 heavy (non-hydrogen) atoms. The van der Waals surface area contributed by atoms with Crippen LogP contribution < -0.4 is 5.73 Å². The molecule has 0 spiro atoms. The third-order valence-corrected chi connectivity index (χ3v) is 5.00. The van der Waals surface area contributed by atoms with Crippen LogP contribution in [0.2, 0.25) is 0 Å². The maximum absolute atomic E-state index is 12.7. The molecule has 1 aliphatic carbocycles. The van der Waals surface area contributed by atoms with E-state index in [-0.39, 0.29) is 5.91 Å². The third kappa shape index (κ3) is 2.47. The van der Waals surface area contributed by atoms with Gasteiger partial charge in [-0.1, -0.05) is 17.7 Å². The van der Waals surface area contributed by atoms with Gasteiger partial charge in [-0.2, -0.15) is 0 Å². The van der Waals surface area contributed by atoms with Gasteiger partial charge < -0.3 is 10.6 Å². The van der Waals surface area contributed by atoms with Crippen molar-refractivity contribution in [2.24, 2.45) is 17.6 Å². The van der Waals surface area contributed by atoms with Crippen molar-refractivity contribution in [3.63, 3.8) is 0 Å². The van der Waals surface area contributed by atoms with Crippen LogP contribution in [0.5, 0.6) is 0 Å². The van der Waals surface area contributed by atoms with Gasteiger partial charge in [-0.15, -0.1) is 0 Å². The smallest absolute Gasteiger partial charge is 0.254 e. The van der Waals surface area contributed by atoms with Crippen molar-refractivity contribution in [2.45, 2.75) is 39.2 Å². The molecule has 0 aromatic heterocycles. The molecule has 2 aliphatic rings. The minimum atomic E-state index is 0.203. The Balaban J connectivity index is 1.77. The van der Waals surface area contributed by atoms with Gasteiger partial charge in [0.15, 0.2) is 0 Å². The Morgan fingerprint density at radius 1 is 1.20 bits per heavy atom. The summed E-state index contributed by atoms with van der Waals surface area (Å²) in [6.07, 6.45) is 3.39. The Morgan fingerprint density at radius 3 is 2.75 bits per heavy atom. The lowest BCUT2D eigenvalue weighted by molar-refractivity contribution is 0.0783. The van der Waals surface area contributed by atoms with E-state index in [4.69, 9.17) is 5.73 Å². The molecule has 1 unspecified atom stereocenters. The third-order valence-electron chi connectivity index (χ3n) is 5.00. The molecule has 3 heteroatoms. The second-order valence-electron chi connectivity index (χ2n) is 6.62. The van der Waals surface area contributed by atoms with Crippen LogP contribution in [-0.2, 0) is 0 Å². The highest BCUT2D eigenvalue weighted by atomic mass is 16.2. The van der Waals surface area contributed by atoms with E-state index in [1.807, 2.05) is 26.0 Å². The summed E-state index contributed by atoms with van der Waals surface area (Å²) in [5.74, 6) is 1.49. The van der Waals surface area contributed by atoms with E-state index in [1.54, 1.807) is 0 Å². The molecular weight excluding hydrogens is 248 g/mol. The highest BCUT2D eigenvalue weighted by molar-refractivity contribution is 5.96. The molecule has 1 saturated heterocycles. The molecule has 0 radical (unpaired) electrons. The maximum atomic E-state index is 12.7. The van der Waals surface area contributed by atoms with Crippen LogP contribution in [0.1, 0.15) is 40.7 Å². The average Bonchev–Trinajstić information content (AvgIpc) is 2.83. The van der Waals surface area contributed by atoms with Crippen molar-refractivity contribution in [3.05, 3.63) is 34.9 Å². The summed E-state index contributed by atoms with van der Waals surface area (Å²) in [5.41, 5.74) is 9.16. The number of fused-ring (bicyclic) bond motifs is 1. The molecule has 1 amide bonds. The summed E-state index contributed by atoms with van der Waals surface area (Å²) < 4.78 is 0. The predicted molar refractivity (Wildman–Crippen MR) is 80.6 cm³/mol. The largest absolute Gasteiger partial charge is 0.338 e. The molecule has 3 atom stereocenters. The van der Waals surface area contributed by atoms with Gasteiger partial charge in [-0.05, 0) is 56.6 Å². The molecule has 2 fully saturated rings. The van der Waals surface area contributed by atoms with Crippen LogP contribution in [0.15, 0.2) is 18.2 Å². The zero-order valence-corrected chi connectivity index (χ0v) is 12.4. The zero-order chi connectivity index (χ0) is 14.3. The number of hydrogen-bond donors (Lipinski definition) is 1. The van der Waals surface area contributed by atoms with Gasteiger partial charge in [-0.25, -0.2) is 0 Å². The van der Waals surface area contributed by atoms with Crippen LogP contribution >= 0.6 is 0 Å². The molecule has 1 aromatic rings. The van der Waals surface area contributed by atoms with E-state index in [0.717, 1.165) is 42.6 Å². The normalized spacial score (nSPS) is 29.4. The first-order valence-electron chi connectivity index (χ1n) is 7.66.